The van der Waals surface area contributed by atoms with Gasteiger partial charge in [-0.1, -0.05) is 54.2 Å². The van der Waals surface area contributed by atoms with Gasteiger partial charge in [-0.25, -0.2) is 5.10 Å². The number of nitrogens with one attached hydrogen (secondary N) is 2. The third kappa shape index (κ3) is 19.3. The molecule has 0 amide bonds. The van der Waals surface area contributed by atoms with Crippen LogP contribution in [0.5, 0.6) is 0 Å². The molecular weight excluding hydrogens is 1090 g/mol. The van der Waals surface area contributed by atoms with Crippen molar-refractivity contribution in [1.29, 1.82) is 0 Å². The minimum atomic E-state index is -0.209. The molecule has 0 aliphatic heterocycles. The van der Waals surface area contributed by atoms with Crippen LogP contribution in [0.25, 0.3) is 56.9 Å². The number of halogens is 1. The minimum absolute atomic E-state index is 0.209. The molecule has 0 spiro atoms. The predicted octanol–water partition coefficient (Wildman–Crippen LogP) is 10.5. The Kier molecular flexibility index (Phi) is 23.5. The molecule has 0 unspecified atom stereocenters. The highest BCUT2D eigenvalue weighted by atomic mass is 35.5. The second-order valence-corrected chi connectivity index (χ2v) is 24.5. The summed E-state index contributed by atoms with van der Waals surface area (Å²) in [6.07, 6.45) is 8.60. The summed E-state index contributed by atoms with van der Waals surface area (Å²) in [6, 6.07) is 46.0. The molecule has 10 aromatic heterocycles. The van der Waals surface area contributed by atoms with Crippen molar-refractivity contribution in [3.63, 3.8) is 0 Å². The summed E-state index contributed by atoms with van der Waals surface area (Å²) in [4.78, 5) is 31.6. The largest absolute Gasteiger partial charge is 0.268 e. The lowest BCUT2D eigenvalue weighted by atomic mass is 10.2. The van der Waals surface area contributed by atoms with Gasteiger partial charge in [0.15, 0.2) is 5.15 Å². The van der Waals surface area contributed by atoms with E-state index in [1.807, 2.05) is 121 Å². The van der Waals surface area contributed by atoms with Gasteiger partial charge in [0.25, 0.3) is 5.56 Å². The van der Waals surface area contributed by atoms with E-state index in [9.17, 15) is 4.79 Å². The quantitative estimate of drug-likeness (QED) is 0.107. The average Bonchev–Trinajstić information content (AvgIpc) is 3.44. The maximum absolute atomic E-state index is 10.7. The summed E-state index contributed by atoms with van der Waals surface area (Å²) in [5.74, 6) is 0. The van der Waals surface area contributed by atoms with Crippen LogP contribution in [0.4, 0.5) is 0 Å². The standard InChI is InChI=1S/C18H12N6S.C9H6ClN3.C9H7N3O.C9H7N3S.P2S5/c1-3-11-19-13(5-1)15-7-9-17(23-21-15)25-18-10-8-16(22-24-18)14-6-2-4-12-20-14;10-9-5-4-8(12-13-9)7-3-1-2-6-11-7;2*13-9-5-4-8(11-12-9)7-3-1-2-6-10-7;3-1-2-5-7-6-4/h1-12H;1-6H;2*1-6H,(H,12,13);. The molecule has 2 N–H and O–H groups in total. The third-order valence-electron chi connectivity index (χ3n) is 8.24. The van der Waals surface area contributed by atoms with Gasteiger partial charge in [0.1, 0.15) is 43.2 Å². The summed E-state index contributed by atoms with van der Waals surface area (Å²) < 4.78 is 0.625. The molecule has 0 aliphatic rings. The molecule has 0 saturated carbocycles. The van der Waals surface area contributed by atoms with Crippen LogP contribution < -0.4 is 5.56 Å². The molecule has 0 radical (unpaired) electrons. The lowest BCUT2D eigenvalue weighted by Gasteiger charge is -2.02. The van der Waals surface area contributed by atoms with E-state index in [4.69, 9.17) is 23.8 Å². The zero-order chi connectivity index (χ0) is 49.7. The van der Waals surface area contributed by atoms with Crippen molar-refractivity contribution in [2.24, 2.45) is 0 Å². The fourth-order valence-corrected chi connectivity index (χ4v) is 15.6. The number of pyridine rings is 5. The van der Waals surface area contributed by atoms with Crippen LogP contribution in [0.2, 0.25) is 5.15 Å². The molecule has 352 valence electrons. The first-order valence-corrected chi connectivity index (χ1v) is 30.2. The van der Waals surface area contributed by atoms with Crippen molar-refractivity contribution < 1.29 is 0 Å². The van der Waals surface area contributed by atoms with Crippen molar-refractivity contribution in [2.75, 3.05) is 0 Å². The highest BCUT2D eigenvalue weighted by Gasteiger charge is 2.07. The molecule has 10 aromatic rings. The molecular formula is C45H32ClN15OP2S7. The Morgan fingerprint density at radius 3 is 1.18 bits per heavy atom. The van der Waals surface area contributed by atoms with E-state index in [-0.39, 0.29) is 5.56 Å². The van der Waals surface area contributed by atoms with Crippen molar-refractivity contribution >= 4 is 99.9 Å². The van der Waals surface area contributed by atoms with E-state index >= 15 is 0 Å². The second-order valence-electron chi connectivity index (χ2n) is 12.9. The molecule has 26 heteroatoms. The van der Waals surface area contributed by atoms with Crippen LogP contribution in [0.1, 0.15) is 0 Å². The van der Waals surface area contributed by atoms with Crippen LogP contribution >= 0.6 is 49.7 Å². The Balaban J connectivity index is 0.000000155. The highest BCUT2D eigenvalue weighted by molar-refractivity contribution is 8.63. The van der Waals surface area contributed by atoms with Crippen LogP contribution in [0.3, 0.4) is 0 Å². The average molecular weight is 1120 g/mol. The maximum atomic E-state index is 10.7. The van der Waals surface area contributed by atoms with E-state index < -0.39 is 0 Å². The van der Waals surface area contributed by atoms with E-state index in [0.29, 0.717) is 15.5 Å². The Hall–Kier alpha value is -6.49. The lowest BCUT2D eigenvalue weighted by molar-refractivity contribution is 0.907. The van der Waals surface area contributed by atoms with Gasteiger partial charge in [-0.05, 0) is 177 Å². The van der Waals surface area contributed by atoms with Crippen molar-refractivity contribution in [3.8, 4) is 56.9 Å². The molecule has 0 aliphatic carbocycles. The fraction of sp³-hybridized carbons (Fsp3) is 0. The number of aromatic nitrogens is 15. The Bertz CT molecular complexity index is 3240. The van der Waals surface area contributed by atoms with Crippen molar-refractivity contribution in [2.45, 2.75) is 10.1 Å². The molecule has 10 heterocycles. The van der Waals surface area contributed by atoms with Gasteiger partial charge in [-0.2, -0.15) is 10.2 Å². The Morgan fingerprint density at radius 1 is 0.451 bits per heavy atom. The first-order valence-electron chi connectivity index (χ1n) is 20.1. The molecule has 0 fully saturated rings. The molecule has 0 atom stereocenters. The van der Waals surface area contributed by atoms with E-state index in [1.54, 1.807) is 73.6 Å². The zero-order valence-corrected chi connectivity index (χ0v) is 44.4. The van der Waals surface area contributed by atoms with Gasteiger partial charge in [0.2, 0.25) is 0 Å². The van der Waals surface area contributed by atoms with Crippen LogP contribution in [0, 0.1) is 4.64 Å². The van der Waals surface area contributed by atoms with Gasteiger partial charge >= 0.3 is 0 Å². The van der Waals surface area contributed by atoms with Crippen LogP contribution in [0.15, 0.2) is 197 Å². The molecule has 0 aromatic carbocycles. The monoisotopic (exact) mass is 1120 g/mol. The van der Waals surface area contributed by atoms with E-state index in [0.717, 1.165) is 68.3 Å². The first-order chi connectivity index (χ1) is 34.9. The molecule has 71 heavy (non-hydrogen) atoms. The Labute approximate surface area is 442 Å². The van der Waals surface area contributed by atoms with Crippen LogP contribution in [-0.2, 0) is 50.3 Å². The van der Waals surface area contributed by atoms with Crippen molar-refractivity contribution in [1.82, 2.24) is 75.9 Å². The third-order valence-corrected chi connectivity index (χ3v) is 19.5. The summed E-state index contributed by atoms with van der Waals surface area (Å²) >= 11 is 21.1. The number of rotatable bonds is 8. The topological polar surface area (TPSA) is 216 Å². The molecule has 10 rings (SSSR count). The molecule has 0 bridgehead atoms. The summed E-state index contributed by atoms with van der Waals surface area (Å²) in [7, 11) is 6.83. The van der Waals surface area contributed by atoms with E-state index in [1.165, 1.54) is 33.8 Å². The smallest absolute Gasteiger partial charge is 0.264 e. The summed E-state index contributed by atoms with van der Waals surface area (Å²) in [5.41, 5.74) is 7.44. The van der Waals surface area contributed by atoms with Gasteiger partial charge in [0, 0.05) is 51.1 Å². The maximum Gasteiger partial charge on any atom is 0.264 e. The molecule has 16 nitrogen and oxygen atoms in total. The summed E-state index contributed by atoms with van der Waals surface area (Å²) in [5, 5.41) is 39.4. The highest BCUT2D eigenvalue weighted by Crippen LogP contribution is 2.25. The van der Waals surface area contributed by atoms with Gasteiger partial charge in [0.05, 0.1) is 28.5 Å². The normalized spacial score (nSPS) is 9.99. The zero-order valence-electron chi connectivity index (χ0n) is 36.2. The number of hydrogen-bond donors (Lipinski definition) is 2. The number of hydrogen-bond acceptors (Lipinski definition) is 18. The molecule has 0 saturated heterocycles. The number of H-pyrrole nitrogens is 2. The lowest BCUT2D eigenvalue weighted by Crippen LogP contribution is -2.05. The van der Waals surface area contributed by atoms with Gasteiger partial charge < -0.3 is 0 Å². The van der Waals surface area contributed by atoms with Crippen LogP contribution in [-0.4, -0.2) is 75.9 Å². The van der Waals surface area contributed by atoms with Gasteiger partial charge in [-0.15, -0.1) is 30.6 Å². The fourth-order valence-electron chi connectivity index (χ4n) is 5.17. The summed E-state index contributed by atoms with van der Waals surface area (Å²) in [6.45, 7) is 0. The van der Waals surface area contributed by atoms with Crippen molar-refractivity contribution in [3.05, 3.63) is 203 Å². The number of aromatic amines is 2. The minimum Gasteiger partial charge on any atom is -0.268 e. The first kappa shape index (κ1) is 53.9. The second kappa shape index (κ2) is 31.0. The van der Waals surface area contributed by atoms with E-state index in [2.05, 4.69) is 98.9 Å². The SMILES string of the molecule is Clc1ccc(-c2ccccn2)nn1.O=c1ccc(-c2ccccn2)n[nH]1.S=PP=S=S=S=S.S=c1ccc(-c2ccccn2)n[nH]1.c1ccc(-c2ccc(Sc3ccc(-c4ccccn4)nn3)nn2)nc1. The Morgan fingerprint density at radius 2 is 0.859 bits per heavy atom. The predicted molar refractivity (Wildman–Crippen MR) is 296 cm³/mol. The number of nitrogens with zero attached hydrogens (tertiary/aromatic N) is 13. The van der Waals surface area contributed by atoms with Gasteiger partial charge in [-0.3, -0.25) is 34.8 Å².